The Morgan fingerprint density at radius 2 is 2.32 bits per heavy atom. The fourth-order valence-electron chi connectivity index (χ4n) is 2.72. The number of aromatic amines is 1. The predicted molar refractivity (Wildman–Crippen MR) is 75.1 cm³/mol. The highest BCUT2D eigenvalue weighted by Crippen LogP contribution is 2.27. The van der Waals surface area contributed by atoms with Gasteiger partial charge in [-0.2, -0.15) is 5.10 Å². The zero-order valence-corrected chi connectivity index (χ0v) is 11.5. The molecule has 19 heavy (non-hydrogen) atoms. The Balaban J connectivity index is 1.67. The number of piperidine rings is 1. The number of hydrogen-bond acceptors (Lipinski definition) is 3. The highest BCUT2D eigenvalue weighted by Gasteiger charge is 2.22. The van der Waals surface area contributed by atoms with Gasteiger partial charge in [-0.25, -0.2) is 0 Å². The zero-order chi connectivity index (χ0) is 13.1. The summed E-state index contributed by atoms with van der Waals surface area (Å²) < 4.78 is 0. The van der Waals surface area contributed by atoms with Gasteiger partial charge >= 0.3 is 0 Å². The number of rotatable bonds is 3. The van der Waals surface area contributed by atoms with Gasteiger partial charge in [0.25, 0.3) is 0 Å². The minimum Gasteiger partial charge on any atom is -0.298 e. The monoisotopic (exact) mass is 276 g/mol. The molecule has 0 aromatic carbocycles. The standard InChI is InChI=1S/C14H17ClN4/c15-13-8-16-5-3-11(13)9-19-7-1-2-12(10-19)14-4-6-17-18-14/h3-6,8,12H,1-2,7,9-10H2,(H,17,18)/t12-/m1/s1. The van der Waals surface area contributed by atoms with E-state index in [0.29, 0.717) is 5.92 Å². The lowest BCUT2D eigenvalue weighted by molar-refractivity contribution is 0.198. The van der Waals surface area contributed by atoms with Crippen LogP contribution < -0.4 is 0 Å². The normalized spacial score (nSPS) is 20.6. The van der Waals surface area contributed by atoms with Crippen molar-refractivity contribution >= 4 is 11.6 Å². The van der Waals surface area contributed by atoms with E-state index in [2.05, 4.69) is 26.1 Å². The third kappa shape index (κ3) is 2.96. The third-order valence-corrected chi connectivity index (χ3v) is 4.06. The van der Waals surface area contributed by atoms with Crippen LogP contribution in [0.3, 0.4) is 0 Å². The van der Waals surface area contributed by atoms with Crippen LogP contribution in [0.15, 0.2) is 30.7 Å². The summed E-state index contributed by atoms with van der Waals surface area (Å²) in [6, 6.07) is 4.08. The molecule has 0 spiro atoms. The molecule has 1 aliphatic rings. The Hall–Kier alpha value is -1.39. The third-order valence-electron chi connectivity index (χ3n) is 3.72. The molecule has 1 atom stereocenters. The molecule has 3 rings (SSSR count). The molecule has 0 unspecified atom stereocenters. The van der Waals surface area contributed by atoms with Crippen molar-refractivity contribution in [3.63, 3.8) is 0 Å². The Morgan fingerprint density at radius 1 is 1.37 bits per heavy atom. The second kappa shape index (κ2) is 5.72. The Kier molecular flexibility index (Phi) is 3.80. The number of hydrogen-bond donors (Lipinski definition) is 1. The lowest BCUT2D eigenvalue weighted by Crippen LogP contribution is -2.34. The first-order chi connectivity index (χ1) is 9.33. The van der Waals surface area contributed by atoms with Crippen LogP contribution in [-0.4, -0.2) is 33.2 Å². The summed E-state index contributed by atoms with van der Waals surface area (Å²) in [5.41, 5.74) is 2.40. The van der Waals surface area contributed by atoms with Crippen molar-refractivity contribution in [2.45, 2.75) is 25.3 Å². The van der Waals surface area contributed by atoms with Crippen LogP contribution in [-0.2, 0) is 6.54 Å². The number of H-pyrrole nitrogens is 1. The number of nitrogens with zero attached hydrogens (tertiary/aromatic N) is 3. The smallest absolute Gasteiger partial charge is 0.0634 e. The quantitative estimate of drug-likeness (QED) is 0.938. The van der Waals surface area contributed by atoms with Gasteiger partial charge in [0, 0.05) is 43.3 Å². The minimum atomic E-state index is 0.553. The summed E-state index contributed by atoms with van der Waals surface area (Å²) >= 11 is 6.17. The summed E-state index contributed by atoms with van der Waals surface area (Å²) in [6.07, 6.45) is 7.79. The lowest BCUT2D eigenvalue weighted by Gasteiger charge is -2.32. The van der Waals surface area contributed by atoms with E-state index in [1.165, 1.54) is 18.5 Å². The Morgan fingerprint density at radius 3 is 3.11 bits per heavy atom. The van der Waals surface area contributed by atoms with Crippen molar-refractivity contribution in [3.8, 4) is 0 Å². The first-order valence-electron chi connectivity index (χ1n) is 6.63. The van der Waals surface area contributed by atoms with Gasteiger partial charge in [0.1, 0.15) is 0 Å². The maximum absolute atomic E-state index is 6.17. The molecule has 100 valence electrons. The molecule has 0 aliphatic carbocycles. The maximum atomic E-state index is 6.17. The van der Waals surface area contributed by atoms with Crippen LogP contribution in [0.2, 0.25) is 5.02 Å². The molecule has 1 saturated heterocycles. The second-order valence-corrected chi connectivity index (χ2v) is 5.46. The molecule has 0 bridgehead atoms. The number of halogens is 1. The predicted octanol–water partition coefficient (Wildman–Crippen LogP) is 2.84. The molecule has 0 amide bonds. The zero-order valence-electron chi connectivity index (χ0n) is 10.7. The first-order valence-corrected chi connectivity index (χ1v) is 7.01. The molecular weight excluding hydrogens is 260 g/mol. The summed E-state index contributed by atoms with van der Waals surface area (Å²) in [4.78, 5) is 6.48. The van der Waals surface area contributed by atoms with Crippen molar-refractivity contribution in [1.82, 2.24) is 20.1 Å². The van der Waals surface area contributed by atoms with Crippen LogP contribution >= 0.6 is 11.6 Å². The van der Waals surface area contributed by atoms with E-state index in [4.69, 9.17) is 11.6 Å². The van der Waals surface area contributed by atoms with E-state index in [-0.39, 0.29) is 0 Å². The molecule has 0 saturated carbocycles. The summed E-state index contributed by atoms with van der Waals surface area (Å²) in [7, 11) is 0. The van der Waals surface area contributed by atoms with Gasteiger partial charge in [-0.05, 0) is 37.1 Å². The fourth-order valence-corrected chi connectivity index (χ4v) is 2.90. The van der Waals surface area contributed by atoms with E-state index in [1.807, 2.05) is 12.3 Å². The topological polar surface area (TPSA) is 44.8 Å². The number of nitrogens with one attached hydrogen (secondary N) is 1. The van der Waals surface area contributed by atoms with Gasteiger partial charge < -0.3 is 0 Å². The summed E-state index contributed by atoms with van der Waals surface area (Å²) in [6.45, 7) is 3.08. The second-order valence-electron chi connectivity index (χ2n) is 5.05. The Bertz CT molecular complexity index is 526. The fraction of sp³-hybridized carbons (Fsp3) is 0.429. The Labute approximate surface area is 117 Å². The van der Waals surface area contributed by atoms with Crippen LogP contribution in [0.1, 0.15) is 30.0 Å². The van der Waals surface area contributed by atoms with Crippen LogP contribution in [0.25, 0.3) is 0 Å². The van der Waals surface area contributed by atoms with Crippen LogP contribution in [0.5, 0.6) is 0 Å². The summed E-state index contributed by atoms with van der Waals surface area (Å²) in [5.74, 6) is 0.553. The molecule has 4 nitrogen and oxygen atoms in total. The first kappa shape index (κ1) is 12.6. The highest BCUT2D eigenvalue weighted by molar-refractivity contribution is 6.31. The van der Waals surface area contributed by atoms with Crippen molar-refractivity contribution in [3.05, 3.63) is 47.0 Å². The van der Waals surface area contributed by atoms with E-state index in [1.54, 1.807) is 12.4 Å². The molecule has 2 aromatic heterocycles. The average Bonchev–Trinajstić information content (AvgIpc) is 2.96. The van der Waals surface area contributed by atoms with Crippen molar-refractivity contribution < 1.29 is 0 Å². The molecule has 1 aliphatic heterocycles. The van der Waals surface area contributed by atoms with E-state index < -0.39 is 0 Å². The SMILES string of the molecule is Clc1cnccc1CN1CCC[C@@H](c2ccn[nH]2)C1. The van der Waals surface area contributed by atoms with Crippen molar-refractivity contribution in [2.24, 2.45) is 0 Å². The van der Waals surface area contributed by atoms with Crippen LogP contribution in [0, 0.1) is 0 Å². The molecule has 0 radical (unpaired) electrons. The number of likely N-dealkylation sites (tertiary alicyclic amines) is 1. The summed E-state index contributed by atoms with van der Waals surface area (Å²) in [5, 5.41) is 7.89. The van der Waals surface area contributed by atoms with Gasteiger partial charge in [0.2, 0.25) is 0 Å². The number of aromatic nitrogens is 3. The van der Waals surface area contributed by atoms with Crippen molar-refractivity contribution in [2.75, 3.05) is 13.1 Å². The average molecular weight is 277 g/mol. The van der Waals surface area contributed by atoms with Gasteiger partial charge in [-0.15, -0.1) is 0 Å². The van der Waals surface area contributed by atoms with Gasteiger partial charge in [0.15, 0.2) is 0 Å². The van der Waals surface area contributed by atoms with E-state index >= 15 is 0 Å². The van der Waals surface area contributed by atoms with Gasteiger partial charge in [-0.1, -0.05) is 11.6 Å². The maximum Gasteiger partial charge on any atom is 0.0634 e. The van der Waals surface area contributed by atoms with Gasteiger partial charge in [-0.3, -0.25) is 15.0 Å². The largest absolute Gasteiger partial charge is 0.298 e. The lowest BCUT2D eigenvalue weighted by atomic mass is 9.94. The molecule has 1 N–H and O–H groups in total. The van der Waals surface area contributed by atoms with Gasteiger partial charge in [0.05, 0.1) is 5.02 Å². The molecule has 1 fully saturated rings. The van der Waals surface area contributed by atoms with Crippen molar-refractivity contribution in [1.29, 1.82) is 0 Å². The van der Waals surface area contributed by atoms with E-state index in [9.17, 15) is 0 Å². The minimum absolute atomic E-state index is 0.553. The highest BCUT2D eigenvalue weighted by atomic mass is 35.5. The molecule has 3 heterocycles. The molecule has 2 aromatic rings. The molecular formula is C14H17ClN4. The molecule has 5 heteroatoms. The van der Waals surface area contributed by atoms with Crippen LogP contribution in [0.4, 0.5) is 0 Å². The van der Waals surface area contributed by atoms with E-state index in [0.717, 1.165) is 30.2 Å². The number of pyridine rings is 1.